The predicted molar refractivity (Wildman–Crippen MR) is 196 cm³/mol. The number of rotatable bonds is 12. The Labute approximate surface area is 299 Å². The zero-order chi connectivity index (χ0) is 34.8. The Kier molecular flexibility index (Phi) is 9.90. The van der Waals surface area contributed by atoms with Crippen molar-refractivity contribution in [2.24, 2.45) is 0 Å². The van der Waals surface area contributed by atoms with Gasteiger partial charge in [0, 0.05) is 84.4 Å². The van der Waals surface area contributed by atoms with E-state index < -0.39 is 5.60 Å². The molecule has 258 valence electrons. The molecule has 3 aromatic heterocycles. The monoisotopic (exact) mass is 712 g/mol. The standard InChI is InChI=1S/C38H38Cl2N6O4/c1-50-36-24(18-41-21-26-10-12-33(47)44-26)9-11-31(45-36)30-8-3-7-29(35(30)40)28-6-2-5-27(34(28)39)23-13-16-46-32(17-23)43-20-25(37(46)48)19-42-22-38(49)14-4-15-38/h2-3,5-9,11,13,16-17,20,26,41-42,49H,4,10,12,14-15,18-19,21-22H2,1H3,(H,44,47). The van der Waals surface area contributed by atoms with Crippen LogP contribution in [-0.4, -0.2) is 57.2 Å². The molecule has 1 unspecified atom stereocenters. The highest BCUT2D eigenvalue weighted by molar-refractivity contribution is 6.39. The molecular formula is C38H38Cl2N6O4. The van der Waals surface area contributed by atoms with Gasteiger partial charge in [-0.2, -0.15) is 0 Å². The first-order valence-electron chi connectivity index (χ1n) is 16.8. The molecule has 2 fully saturated rings. The maximum absolute atomic E-state index is 13.2. The van der Waals surface area contributed by atoms with E-state index in [9.17, 15) is 14.7 Å². The van der Waals surface area contributed by atoms with Gasteiger partial charge in [-0.3, -0.25) is 14.0 Å². The van der Waals surface area contributed by atoms with Crippen molar-refractivity contribution in [1.82, 2.24) is 30.3 Å². The SMILES string of the molecule is COc1nc(-c2cccc(-c3cccc(-c4ccn5c(=O)c(CNCC6(O)CCC6)cnc5c4)c3Cl)c2Cl)ccc1CNCC1CCC(=O)N1. The topological polar surface area (TPSA) is 130 Å². The van der Waals surface area contributed by atoms with Crippen molar-refractivity contribution in [3.05, 3.63) is 105 Å². The van der Waals surface area contributed by atoms with Crippen molar-refractivity contribution in [1.29, 1.82) is 0 Å². The fourth-order valence-corrected chi connectivity index (χ4v) is 7.30. The zero-order valence-electron chi connectivity index (χ0n) is 27.6. The van der Waals surface area contributed by atoms with E-state index in [1.165, 1.54) is 4.40 Å². The van der Waals surface area contributed by atoms with E-state index in [-0.39, 0.29) is 17.5 Å². The third-order valence-corrected chi connectivity index (χ3v) is 10.4. The maximum atomic E-state index is 13.2. The lowest BCUT2D eigenvalue weighted by atomic mass is 9.80. The number of aliphatic hydroxyl groups is 1. The first kappa shape index (κ1) is 34.1. The lowest BCUT2D eigenvalue weighted by Crippen LogP contribution is -2.46. The molecule has 1 aliphatic carbocycles. The molecule has 4 heterocycles. The quantitative estimate of drug-likeness (QED) is 0.128. The van der Waals surface area contributed by atoms with Crippen molar-refractivity contribution in [2.75, 3.05) is 20.2 Å². The molecule has 0 bridgehead atoms. The number of ether oxygens (including phenoxy) is 1. The van der Waals surface area contributed by atoms with Gasteiger partial charge in [-0.15, -0.1) is 0 Å². The summed E-state index contributed by atoms with van der Waals surface area (Å²) in [7, 11) is 1.59. The van der Waals surface area contributed by atoms with Gasteiger partial charge in [-0.25, -0.2) is 9.97 Å². The number of nitrogens with zero attached hydrogens (tertiary/aromatic N) is 3. The van der Waals surface area contributed by atoms with Crippen LogP contribution in [0.25, 0.3) is 39.2 Å². The molecule has 0 spiro atoms. The molecule has 12 heteroatoms. The lowest BCUT2D eigenvalue weighted by molar-refractivity contribution is -0.119. The first-order valence-corrected chi connectivity index (χ1v) is 17.5. The van der Waals surface area contributed by atoms with Gasteiger partial charge in [0.25, 0.3) is 5.56 Å². The molecule has 1 saturated heterocycles. The Balaban J connectivity index is 1.12. The smallest absolute Gasteiger partial charge is 0.262 e. The number of fused-ring (bicyclic) bond motifs is 1. The van der Waals surface area contributed by atoms with Gasteiger partial charge >= 0.3 is 0 Å². The van der Waals surface area contributed by atoms with Crippen LogP contribution in [0.2, 0.25) is 10.0 Å². The fourth-order valence-electron chi connectivity index (χ4n) is 6.64. The summed E-state index contributed by atoms with van der Waals surface area (Å²) in [6.45, 7) is 2.00. The number of hydrogen-bond acceptors (Lipinski definition) is 8. The number of aromatic nitrogens is 3. The molecule has 0 radical (unpaired) electrons. The van der Waals surface area contributed by atoms with E-state index in [1.807, 2.05) is 60.7 Å². The average Bonchev–Trinajstić information content (AvgIpc) is 3.53. The largest absolute Gasteiger partial charge is 0.481 e. The van der Waals surface area contributed by atoms with Gasteiger partial charge in [0.1, 0.15) is 5.65 Å². The summed E-state index contributed by atoms with van der Waals surface area (Å²) in [6, 6.07) is 19.3. The van der Waals surface area contributed by atoms with E-state index in [1.54, 1.807) is 19.5 Å². The van der Waals surface area contributed by atoms with Crippen LogP contribution < -0.4 is 26.2 Å². The Morgan fingerprint density at radius 3 is 2.38 bits per heavy atom. The highest BCUT2D eigenvalue weighted by Crippen LogP contribution is 2.42. The Bertz CT molecular complexity index is 2130. The number of nitrogens with one attached hydrogen (secondary N) is 3. The summed E-state index contributed by atoms with van der Waals surface area (Å²) in [5.41, 5.74) is 5.57. The third kappa shape index (κ3) is 6.99. The van der Waals surface area contributed by atoms with Crippen LogP contribution >= 0.6 is 23.2 Å². The summed E-state index contributed by atoms with van der Waals surface area (Å²) in [4.78, 5) is 34.1. The number of amides is 1. The van der Waals surface area contributed by atoms with Gasteiger partial charge in [0.05, 0.1) is 28.5 Å². The second-order valence-corrected chi connectivity index (χ2v) is 13.8. The number of methoxy groups -OCH3 is 1. The molecule has 1 saturated carbocycles. The summed E-state index contributed by atoms with van der Waals surface area (Å²) < 4.78 is 7.16. The van der Waals surface area contributed by atoms with Crippen LogP contribution in [0.5, 0.6) is 5.88 Å². The predicted octanol–water partition coefficient (Wildman–Crippen LogP) is 5.78. The Hall–Kier alpha value is -4.32. The van der Waals surface area contributed by atoms with E-state index >= 15 is 0 Å². The van der Waals surface area contributed by atoms with Crippen LogP contribution in [0.3, 0.4) is 0 Å². The van der Waals surface area contributed by atoms with E-state index in [0.29, 0.717) is 65.4 Å². The molecule has 2 aromatic carbocycles. The van der Waals surface area contributed by atoms with Gasteiger partial charge < -0.3 is 25.8 Å². The minimum Gasteiger partial charge on any atom is -0.481 e. The van der Waals surface area contributed by atoms with E-state index in [2.05, 4.69) is 20.9 Å². The molecule has 5 aromatic rings. The summed E-state index contributed by atoms with van der Waals surface area (Å²) in [6.07, 6.45) is 7.29. The second-order valence-electron chi connectivity index (χ2n) is 13.0. The highest BCUT2D eigenvalue weighted by atomic mass is 35.5. The van der Waals surface area contributed by atoms with Gasteiger partial charge in [-0.05, 0) is 49.4 Å². The van der Waals surface area contributed by atoms with E-state index in [4.69, 9.17) is 32.9 Å². The number of carbonyl (C=O) groups is 1. The number of halogens is 2. The molecule has 10 nitrogen and oxygen atoms in total. The van der Waals surface area contributed by atoms with Gasteiger partial charge in [0.2, 0.25) is 11.8 Å². The Morgan fingerprint density at radius 1 is 0.960 bits per heavy atom. The van der Waals surface area contributed by atoms with Crippen molar-refractivity contribution >= 4 is 34.8 Å². The highest BCUT2D eigenvalue weighted by Gasteiger charge is 2.33. The minimum atomic E-state index is -0.666. The number of hydrogen-bond donors (Lipinski definition) is 4. The van der Waals surface area contributed by atoms with Gasteiger partial charge in [-0.1, -0.05) is 65.7 Å². The number of carbonyl (C=O) groups excluding carboxylic acids is 1. The molecule has 1 aliphatic heterocycles. The molecule has 50 heavy (non-hydrogen) atoms. The molecule has 7 rings (SSSR count). The zero-order valence-corrected chi connectivity index (χ0v) is 29.2. The molecule has 4 N–H and O–H groups in total. The van der Waals surface area contributed by atoms with Gasteiger partial charge in [0.15, 0.2) is 0 Å². The maximum Gasteiger partial charge on any atom is 0.262 e. The van der Waals surface area contributed by atoms with Crippen LogP contribution in [0, 0.1) is 0 Å². The van der Waals surface area contributed by atoms with Crippen molar-refractivity contribution < 1.29 is 14.6 Å². The lowest BCUT2D eigenvalue weighted by Gasteiger charge is -2.36. The van der Waals surface area contributed by atoms with Crippen molar-refractivity contribution in [3.63, 3.8) is 0 Å². The Morgan fingerprint density at radius 2 is 1.68 bits per heavy atom. The normalized spacial score (nSPS) is 16.7. The van der Waals surface area contributed by atoms with Crippen LogP contribution in [0.1, 0.15) is 43.2 Å². The summed E-state index contributed by atoms with van der Waals surface area (Å²) >= 11 is 14.2. The fraction of sp³-hybridized carbons (Fsp3) is 0.316. The third-order valence-electron chi connectivity index (χ3n) is 9.63. The molecule has 1 amide bonds. The molecule has 2 aliphatic rings. The van der Waals surface area contributed by atoms with Crippen LogP contribution in [-0.2, 0) is 17.9 Å². The summed E-state index contributed by atoms with van der Waals surface area (Å²) in [5, 5.41) is 20.9. The average molecular weight is 714 g/mol. The van der Waals surface area contributed by atoms with Crippen LogP contribution in [0.15, 0.2) is 77.9 Å². The second kappa shape index (κ2) is 14.5. The number of pyridine rings is 2. The molecule has 1 atom stereocenters. The van der Waals surface area contributed by atoms with Crippen molar-refractivity contribution in [3.8, 4) is 39.4 Å². The molecular weight excluding hydrogens is 675 g/mol. The first-order chi connectivity index (χ1) is 24.2. The van der Waals surface area contributed by atoms with E-state index in [0.717, 1.165) is 59.1 Å². The summed E-state index contributed by atoms with van der Waals surface area (Å²) in [5.74, 6) is 0.586. The minimum absolute atomic E-state index is 0.0938. The van der Waals surface area contributed by atoms with Crippen LogP contribution in [0.4, 0.5) is 0 Å². The van der Waals surface area contributed by atoms with Crippen molar-refractivity contribution in [2.45, 2.75) is 56.8 Å². The number of benzene rings is 2.